The number of nitrogens with zero attached hydrogens (tertiary/aromatic N) is 4. The summed E-state index contributed by atoms with van der Waals surface area (Å²) < 4.78 is 25.0. The van der Waals surface area contributed by atoms with Gasteiger partial charge in [-0.15, -0.1) is 0 Å². The molecule has 1 fully saturated rings. The van der Waals surface area contributed by atoms with Gasteiger partial charge in [0, 0.05) is 13.5 Å². The maximum Gasteiger partial charge on any atom is 0.263 e. The summed E-state index contributed by atoms with van der Waals surface area (Å²) in [5.41, 5.74) is 7.56. The topological polar surface area (TPSA) is 128 Å². The first-order valence-corrected chi connectivity index (χ1v) is 11.5. The molecule has 0 aromatic carbocycles. The highest BCUT2D eigenvalue weighted by Gasteiger charge is 2.19. The molecule has 10 heteroatoms. The van der Waals surface area contributed by atoms with Crippen molar-refractivity contribution >= 4 is 11.6 Å². The van der Waals surface area contributed by atoms with E-state index in [1.807, 2.05) is 19.1 Å². The average molecular weight is 462 g/mol. The number of aromatic nitrogens is 3. The largest absolute Gasteiger partial charge is 0.489 e. The molecule has 9 nitrogen and oxygen atoms in total. The Balaban J connectivity index is 1.67. The minimum atomic E-state index is -1.29. The van der Waals surface area contributed by atoms with Gasteiger partial charge in [-0.05, 0) is 70.2 Å². The molecule has 33 heavy (non-hydrogen) atoms. The Morgan fingerprint density at radius 3 is 2.64 bits per heavy atom. The number of halogens is 1. The Morgan fingerprint density at radius 2 is 2.00 bits per heavy atom. The van der Waals surface area contributed by atoms with Crippen molar-refractivity contribution in [1.82, 2.24) is 20.1 Å². The van der Waals surface area contributed by atoms with Crippen LogP contribution in [0.5, 0.6) is 5.75 Å². The second-order valence-corrected chi connectivity index (χ2v) is 9.21. The predicted molar refractivity (Wildman–Crippen MR) is 126 cm³/mol. The van der Waals surface area contributed by atoms with Gasteiger partial charge < -0.3 is 25.3 Å². The molecular formula is C23H36FN7O2. The van der Waals surface area contributed by atoms with Crippen LogP contribution >= 0.6 is 0 Å². The Hall–Kier alpha value is -2.88. The molecule has 2 aromatic heterocycles. The monoisotopic (exact) mass is 461 g/mol. The Morgan fingerprint density at radius 1 is 1.27 bits per heavy atom. The van der Waals surface area contributed by atoms with E-state index in [0.717, 1.165) is 24.3 Å². The van der Waals surface area contributed by atoms with E-state index in [9.17, 15) is 4.39 Å². The third-order valence-corrected chi connectivity index (χ3v) is 5.71. The molecule has 2 aromatic rings. The molecule has 0 bridgehead atoms. The lowest BCUT2D eigenvalue weighted by atomic mass is 9.98. The molecule has 5 N–H and O–H groups in total. The molecule has 182 valence electrons. The van der Waals surface area contributed by atoms with Crippen LogP contribution in [0.3, 0.4) is 0 Å². The molecule has 1 aliphatic carbocycles. The molecule has 0 atom stereocenters. The zero-order valence-corrected chi connectivity index (χ0v) is 20.0. The summed E-state index contributed by atoms with van der Waals surface area (Å²) in [6.45, 7) is 5.21. The van der Waals surface area contributed by atoms with Crippen molar-refractivity contribution in [2.45, 2.75) is 77.5 Å². The van der Waals surface area contributed by atoms with Crippen LogP contribution in [0.15, 0.2) is 22.4 Å². The molecule has 0 spiro atoms. The minimum absolute atomic E-state index is 0.253. The molecule has 3 rings (SSSR count). The summed E-state index contributed by atoms with van der Waals surface area (Å²) in [4.78, 5) is 8.89. The molecule has 0 unspecified atom stereocenters. The van der Waals surface area contributed by atoms with Crippen molar-refractivity contribution in [3.05, 3.63) is 35.1 Å². The quantitative estimate of drug-likeness (QED) is 0.358. The van der Waals surface area contributed by atoms with Crippen molar-refractivity contribution in [2.75, 3.05) is 18.9 Å². The van der Waals surface area contributed by atoms with Gasteiger partial charge in [-0.1, -0.05) is 6.42 Å². The van der Waals surface area contributed by atoms with Crippen molar-refractivity contribution in [3.63, 3.8) is 0 Å². The van der Waals surface area contributed by atoms with Crippen LogP contribution in [0.2, 0.25) is 0 Å². The van der Waals surface area contributed by atoms with Crippen molar-refractivity contribution in [1.29, 1.82) is 0 Å². The number of anilines is 1. The van der Waals surface area contributed by atoms with E-state index in [1.165, 1.54) is 38.1 Å². The smallest absolute Gasteiger partial charge is 0.263 e. The predicted octanol–water partition coefficient (Wildman–Crippen LogP) is 3.71. The highest BCUT2D eigenvalue weighted by Crippen LogP contribution is 2.26. The Kier molecular flexibility index (Phi) is 8.12. The molecule has 2 heterocycles. The van der Waals surface area contributed by atoms with Gasteiger partial charge >= 0.3 is 0 Å². The number of aryl methyl sites for hydroxylation is 2. The Labute approximate surface area is 194 Å². The maximum absolute atomic E-state index is 13.7. The number of alkyl halides is 1. The summed E-state index contributed by atoms with van der Waals surface area (Å²) in [5, 5.41) is 8.37. The van der Waals surface area contributed by atoms with E-state index in [4.69, 9.17) is 20.8 Å². The highest BCUT2D eigenvalue weighted by molar-refractivity contribution is 5.64. The number of pyridine rings is 1. The SMILES string of the molecule is Cc1nc(/C(N)=C(\CNc2noc(CCC(C)(C)F)n2)N(C)N)ccc1OC1CCCCC1. The normalized spacial score (nSPS) is 15.8. The number of hydrogen-bond donors (Lipinski definition) is 3. The van der Waals surface area contributed by atoms with E-state index in [2.05, 4.69) is 20.4 Å². The van der Waals surface area contributed by atoms with Crippen LogP contribution in [0.4, 0.5) is 10.3 Å². The standard InChI is InChI=1S/C23H36FN7O2/c1-15-19(32-16-8-6-5-7-9-16)11-10-17(28-15)21(25)18(31(4)26)14-27-22-29-20(33-30-22)12-13-23(2,3)24/h10-11,16H,5-9,12-14,25-26H2,1-4H3,(H,27,30)/b21-18-. The van der Waals surface area contributed by atoms with Crippen LogP contribution in [-0.4, -0.2) is 45.5 Å². The van der Waals surface area contributed by atoms with Crippen LogP contribution in [0, 0.1) is 6.92 Å². The fourth-order valence-electron chi connectivity index (χ4n) is 3.74. The average Bonchev–Trinajstić information content (AvgIpc) is 3.22. The van der Waals surface area contributed by atoms with Crippen molar-refractivity contribution in [3.8, 4) is 5.75 Å². The van der Waals surface area contributed by atoms with Gasteiger partial charge in [-0.3, -0.25) is 0 Å². The second-order valence-electron chi connectivity index (χ2n) is 9.21. The van der Waals surface area contributed by atoms with Gasteiger partial charge in [0.05, 0.1) is 35.4 Å². The summed E-state index contributed by atoms with van der Waals surface area (Å²) in [6.07, 6.45) is 6.77. The van der Waals surface area contributed by atoms with Gasteiger partial charge in [-0.25, -0.2) is 15.2 Å². The molecule has 0 aliphatic heterocycles. The summed E-state index contributed by atoms with van der Waals surface area (Å²) in [5.74, 6) is 7.47. The summed E-state index contributed by atoms with van der Waals surface area (Å²) in [7, 11) is 1.70. The van der Waals surface area contributed by atoms with Gasteiger partial charge in [0.15, 0.2) is 0 Å². The molecule has 0 radical (unpaired) electrons. The molecule has 1 aliphatic rings. The number of hydrazine groups is 1. The van der Waals surface area contributed by atoms with Gasteiger partial charge in [-0.2, -0.15) is 4.98 Å². The minimum Gasteiger partial charge on any atom is -0.489 e. The molecule has 0 amide bonds. The Bertz CT molecular complexity index is 947. The lowest BCUT2D eigenvalue weighted by Crippen LogP contribution is -2.32. The number of hydrogen-bond acceptors (Lipinski definition) is 9. The number of rotatable bonds is 10. The zero-order valence-electron chi connectivity index (χ0n) is 20.0. The van der Waals surface area contributed by atoms with Gasteiger partial charge in [0.25, 0.3) is 5.95 Å². The first kappa shape index (κ1) is 24.8. The van der Waals surface area contributed by atoms with Crippen LogP contribution < -0.4 is 21.6 Å². The number of nitrogens with two attached hydrogens (primary N) is 2. The van der Waals surface area contributed by atoms with Gasteiger partial charge in [0.1, 0.15) is 11.4 Å². The third-order valence-electron chi connectivity index (χ3n) is 5.71. The van der Waals surface area contributed by atoms with E-state index < -0.39 is 5.67 Å². The maximum atomic E-state index is 13.7. The first-order chi connectivity index (χ1) is 15.6. The fraction of sp³-hybridized carbons (Fsp3) is 0.609. The van der Waals surface area contributed by atoms with Crippen molar-refractivity contribution < 1.29 is 13.7 Å². The van der Waals surface area contributed by atoms with Crippen LogP contribution in [0.1, 0.15) is 69.7 Å². The van der Waals surface area contributed by atoms with Crippen LogP contribution in [-0.2, 0) is 6.42 Å². The van der Waals surface area contributed by atoms with E-state index in [-0.39, 0.29) is 18.6 Å². The highest BCUT2D eigenvalue weighted by atomic mass is 19.1. The van der Waals surface area contributed by atoms with Gasteiger partial charge in [0.2, 0.25) is 5.89 Å². The van der Waals surface area contributed by atoms with E-state index in [0.29, 0.717) is 35.8 Å². The van der Waals surface area contributed by atoms with E-state index >= 15 is 0 Å². The summed E-state index contributed by atoms with van der Waals surface area (Å²) >= 11 is 0. The molecule has 1 saturated carbocycles. The first-order valence-electron chi connectivity index (χ1n) is 11.5. The number of likely N-dealkylation sites (N-methyl/N-ethyl adjacent to an activating group) is 1. The van der Waals surface area contributed by atoms with Crippen molar-refractivity contribution in [2.24, 2.45) is 11.6 Å². The molecular weight excluding hydrogens is 425 g/mol. The van der Waals surface area contributed by atoms with Crippen LogP contribution in [0.25, 0.3) is 5.70 Å². The lowest BCUT2D eigenvalue weighted by Gasteiger charge is -2.24. The van der Waals surface area contributed by atoms with E-state index in [1.54, 1.807) is 7.05 Å². The summed E-state index contributed by atoms with van der Waals surface area (Å²) in [6, 6.07) is 3.76. The molecule has 0 saturated heterocycles. The number of nitrogens with one attached hydrogen (secondary N) is 1. The fourth-order valence-corrected chi connectivity index (χ4v) is 3.74. The number of ether oxygens (including phenoxy) is 1. The third kappa shape index (κ3) is 7.31. The lowest BCUT2D eigenvalue weighted by molar-refractivity contribution is 0.153. The zero-order chi connectivity index (χ0) is 24.0. The second kappa shape index (κ2) is 10.8.